The van der Waals surface area contributed by atoms with Crippen LogP contribution in [0.15, 0.2) is 48.5 Å². The lowest BCUT2D eigenvalue weighted by atomic mass is 9.87. The molecule has 0 aliphatic heterocycles. The zero-order valence-corrected chi connectivity index (χ0v) is 29.8. The van der Waals surface area contributed by atoms with Gasteiger partial charge in [-0.1, -0.05) is 102 Å². The first-order valence-corrected chi connectivity index (χ1v) is 17.8. The quantitative estimate of drug-likeness (QED) is 0.157. The zero-order valence-electron chi connectivity index (χ0n) is 29.8. The van der Waals surface area contributed by atoms with Crippen molar-refractivity contribution >= 4 is 0 Å². The van der Waals surface area contributed by atoms with E-state index in [0.717, 1.165) is 102 Å². The molecule has 4 aromatic carbocycles. The fourth-order valence-electron chi connectivity index (χ4n) is 7.71. The predicted octanol–water partition coefficient (Wildman–Crippen LogP) is 9.90. The second-order valence-electron chi connectivity index (χ2n) is 13.3. The van der Waals surface area contributed by atoms with Crippen molar-refractivity contribution in [3.05, 3.63) is 115 Å². The number of methoxy groups -OCH3 is 3. The highest BCUT2D eigenvalue weighted by molar-refractivity contribution is 5.58. The van der Waals surface area contributed by atoms with E-state index in [1.165, 1.54) is 33.4 Å². The van der Waals surface area contributed by atoms with Gasteiger partial charge >= 0.3 is 0 Å². The van der Waals surface area contributed by atoms with Crippen LogP contribution < -0.4 is 14.2 Å². The van der Waals surface area contributed by atoms with Gasteiger partial charge in [0.25, 0.3) is 0 Å². The average Bonchev–Trinajstić information content (AvgIpc) is 3.03. The van der Waals surface area contributed by atoms with Crippen LogP contribution in [0.1, 0.15) is 120 Å². The molecule has 1 N–H and O–H groups in total. The molecule has 47 heavy (non-hydrogen) atoms. The molecule has 250 valence electrons. The summed E-state index contributed by atoms with van der Waals surface area (Å²) >= 11 is 0. The molecule has 4 heteroatoms. The molecular formula is C43H54O4. The second kappa shape index (κ2) is 15.8. The molecule has 0 saturated carbocycles. The first kappa shape index (κ1) is 34.4. The van der Waals surface area contributed by atoms with Crippen molar-refractivity contribution in [3.63, 3.8) is 0 Å². The number of aryl methyl sites for hydroxylation is 4. The lowest BCUT2D eigenvalue weighted by molar-refractivity contribution is 0.398. The highest BCUT2D eigenvalue weighted by Crippen LogP contribution is 2.40. The summed E-state index contributed by atoms with van der Waals surface area (Å²) < 4.78 is 18.7. The Morgan fingerprint density at radius 1 is 0.404 bits per heavy atom. The number of ether oxygens (including phenoxy) is 3. The van der Waals surface area contributed by atoms with E-state index in [4.69, 9.17) is 14.2 Å². The van der Waals surface area contributed by atoms with E-state index in [-0.39, 0.29) is 0 Å². The Labute approximate surface area is 283 Å². The molecule has 1 aliphatic carbocycles. The molecule has 0 radical (unpaired) electrons. The molecule has 0 aromatic heterocycles. The molecule has 1 aliphatic rings. The molecule has 8 bridgehead atoms. The van der Waals surface area contributed by atoms with Crippen LogP contribution in [0.2, 0.25) is 0 Å². The molecule has 0 amide bonds. The monoisotopic (exact) mass is 634 g/mol. The van der Waals surface area contributed by atoms with Gasteiger partial charge in [0.15, 0.2) is 0 Å². The van der Waals surface area contributed by atoms with Crippen LogP contribution in [0, 0.1) is 0 Å². The van der Waals surface area contributed by atoms with Gasteiger partial charge in [-0.2, -0.15) is 0 Å². The maximum absolute atomic E-state index is 11.9. The molecule has 0 atom stereocenters. The van der Waals surface area contributed by atoms with Crippen molar-refractivity contribution < 1.29 is 19.3 Å². The normalized spacial score (nSPS) is 12.6. The number of phenols is 1. The molecule has 4 nitrogen and oxygen atoms in total. The SMILES string of the molecule is CCCc1cc2c(O)c(c1)Cc1cc(CCC)cc(c1OC)Cc1cc(CCC)cc(c1OC)Cc1cc(CCC)cc(c1OC)C2. The van der Waals surface area contributed by atoms with E-state index in [1.54, 1.807) is 21.3 Å². The molecule has 4 aromatic rings. The van der Waals surface area contributed by atoms with Crippen LogP contribution in [0.3, 0.4) is 0 Å². The van der Waals surface area contributed by atoms with E-state index in [2.05, 4.69) is 76.2 Å². The van der Waals surface area contributed by atoms with Crippen LogP contribution in [0.5, 0.6) is 23.0 Å². The van der Waals surface area contributed by atoms with Gasteiger partial charge in [0.1, 0.15) is 23.0 Å². The van der Waals surface area contributed by atoms with Gasteiger partial charge in [0.05, 0.1) is 21.3 Å². The first-order chi connectivity index (χ1) is 22.8. The highest BCUT2D eigenvalue weighted by atomic mass is 16.5. The first-order valence-electron chi connectivity index (χ1n) is 17.8. The summed E-state index contributed by atoms with van der Waals surface area (Å²) in [7, 11) is 5.36. The fraction of sp³-hybridized carbons (Fsp3) is 0.442. The summed E-state index contributed by atoms with van der Waals surface area (Å²) in [6.45, 7) is 8.91. The highest BCUT2D eigenvalue weighted by Gasteiger charge is 2.23. The number of phenolic OH excluding ortho intramolecular Hbond substituents is 1. The minimum absolute atomic E-state index is 0.377. The van der Waals surface area contributed by atoms with Crippen molar-refractivity contribution in [2.24, 2.45) is 0 Å². The number of aromatic hydroxyl groups is 1. The van der Waals surface area contributed by atoms with Crippen LogP contribution >= 0.6 is 0 Å². The summed E-state index contributed by atoms with van der Waals surface area (Å²) in [5.41, 5.74) is 14.0. The third-order valence-corrected chi connectivity index (χ3v) is 9.53. The van der Waals surface area contributed by atoms with Gasteiger partial charge in [-0.05, 0) is 92.4 Å². The fourth-order valence-corrected chi connectivity index (χ4v) is 7.71. The molecule has 0 saturated heterocycles. The summed E-state index contributed by atoms with van der Waals surface area (Å²) in [4.78, 5) is 0. The second-order valence-corrected chi connectivity index (χ2v) is 13.3. The van der Waals surface area contributed by atoms with Crippen molar-refractivity contribution in [2.45, 2.75) is 105 Å². The number of hydrogen-bond donors (Lipinski definition) is 1. The van der Waals surface area contributed by atoms with E-state index in [9.17, 15) is 5.11 Å². The Morgan fingerprint density at radius 3 is 0.830 bits per heavy atom. The van der Waals surface area contributed by atoms with Crippen molar-refractivity contribution in [1.29, 1.82) is 0 Å². The number of fused-ring (bicyclic) bond motifs is 8. The Bertz CT molecular complexity index is 1590. The van der Waals surface area contributed by atoms with Crippen LogP contribution in [0.4, 0.5) is 0 Å². The van der Waals surface area contributed by atoms with Gasteiger partial charge in [-0.15, -0.1) is 0 Å². The van der Waals surface area contributed by atoms with Crippen molar-refractivity contribution in [2.75, 3.05) is 21.3 Å². The molecule has 0 fully saturated rings. The molecular weight excluding hydrogens is 580 g/mol. The van der Waals surface area contributed by atoms with Gasteiger partial charge < -0.3 is 19.3 Å². The maximum atomic E-state index is 11.9. The molecule has 0 heterocycles. The molecule has 5 rings (SSSR count). The summed E-state index contributed by atoms with van der Waals surface area (Å²) in [5.74, 6) is 3.12. The van der Waals surface area contributed by atoms with Crippen LogP contribution in [-0.2, 0) is 51.4 Å². The van der Waals surface area contributed by atoms with Crippen molar-refractivity contribution in [1.82, 2.24) is 0 Å². The molecule has 0 spiro atoms. The maximum Gasteiger partial charge on any atom is 0.125 e. The lowest BCUT2D eigenvalue weighted by Crippen LogP contribution is -2.08. The predicted molar refractivity (Wildman–Crippen MR) is 194 cm³/mol. The minimum atomic E-state index is 0.377. The van der Waals surface area contributed by atoms with Crippen LogP contribution in [-0.4, -0.2) is 26.4 Å². The third-order valence-electron chi connectivity index (χ3n) is 9.53. The lowest BCUT2D eigenvalue weighted by Gasteiger charge is -2.23. The summed E-state index contributed by atoms with van der Waals surface area (Å²) in [5, 5.41) is 11.9. The number of benzene rings is 4. The van der Waals surface area contributed by atoms with E-state index in [1.807, 2.05) is 0 Å². The van der Waals surface area contributed by atoms with E-state index < -0.39 is 0 Å². The minimum Gasteiger partial charge on any atom is -0.507 e. The number of rotatable bonds is 11. The van der Waals surface area contributed by atoms with E-state index >= 15 is 0 Å². The number of hydrogen-bond acceptors (Lipinski definition) is 4. The average molecular weight is 635 g/mol. The Balaban J connectivity index is 1.85. The van der Waals surface area contributed by atoms with Crippen molar-refractivity contribution in [3.8, 4) is 23.0 Å². The van der Waals surface area contributed by atoms with Gasteiger partial charge in [-0.25, -0.2) is 0 Å². The van der Waals surface area contributed by atoms with E-state index in [0.29, 0.717) is 31.4 Å². The molecule has 0 unspecified atom stereocenters. The zero-order chi connectivity index (χ0) is 33.5. The Hall–Kier alpha value is -3.92. The Kier molecular flexibility index (Phi) is 11.6. The topological polar surface area (TPSA) is 47.9 Å². The van der Waals surface area contributed by atoms with Gasteiger partial charge in [0.2, 0.25) is 0 Å². The van der Waals surface area contributed by atoms with Gasteiger partial charge in [-0.3, -0.25) is 0 Å². The summed E-state index contributed by atoms with van der Waals surface area (Å²) in [6, 6.07) is 18.3. The van der Waals surface area contributed by atoms with Crippen LogP contribution in [0.25, 0.3) is 0 Å². The standard InChI is InChI=1S/C43H54O4/c1-8-12-28-16-32-24-34-18-29(13-9-2)20-36(41(34)45-5)26-38-22-31(15-11-4)23-39(43(38)47-7)27-37-21-30(14-10-3)19-35(42(37)46-6)25-33(17-28)40(32)44/h16-23,44H,8-15,24-27H2,1-7H3. The smallest absolute Gasteiger partial charge is 0.125 e. The summed E-state index contributed by atoms with van der Waals surface area (Å²) in [6.07, 6.45) is 10.8. The van der Waals surface area contributed by atoms with Gasteiger partial charge in [0, 0.05) is 25.7 Å². The largest absolute Gasteiger partial charge is 0.507 e. The Morgan fingerprint density at radius 2 is 0.617 bits per heavy atom. The third kappa shape index (κ3) is 7.64.